The van der Waals surface area contributed by atoms with Gasteiger partial charge < -0.3 is 5.32 Å². The molecule has 0 bridgehead atoms. The maximum absolute atomic E-state index is 10.9. The Kier molecular flexibility index (Phi) is 4.46. The highest BCUT2D eigenvalue weighted by atomic mass is 32.2. The first-order valence-electron chi connectivity index (χ1n) is 5.21. The van der Waals surface area contributed by atoms with Crippen molar-refractivity contribution in [1.29, 1.82) is 5.26 Å². The SMILES string of the molecule is Cc1cc(C#N)cc(NCCCS(C)(=O)=O)n1. The van der Waals surface area contributed by atoms with Gasteiger partial charge in [0.05, 0.1) is 17.4 Å². The molecule has 0 radical (unpaired) electrons. The van der Waals surface area contributed by atoms with Crippen LogP contribution in [0.4, 0.5) is 5.82 Å². The Morgan fingerprint density at radius 3 is 2.76 bits per heavy atom. The lowest BCUT2D eigenvalue weighted by Gasteiger charge is -2.06. The molecule has 1 aromatic heterocycles. The van der Waals surface area contributed by atoms with Gasteiger partial charge in [0.1, 0.15) is 15.7 Å². The monoisotopic (exact) mass is 253 g/mol. The quantitative estimate of drug-likeness (QED) is 0.795. The second kappa shape index (κ2) is 5.64. The second-order valence-corrected chi connectivity index (χ2v) is 6.16. The molecule has 0 aromatic carbocycles. The number of hydrogen-bond donors (Lipinski definition) is 1. The summed E-state index contributed by atoms with van der Waals surface area (Å²) in [5.41, 5.74) is 1.30. The minimum absolute atomic E-state index is 0.150. The fraction of sp³-hybridized carbons (Fsp3) is 0.455. The van der Waals surface area contributed by atoms with Gasteiger partial charge >= 0.3 is 0 Å². The van der Waals surface area contributed by atoms with Crippen LogP contribution in [-0.4, -0.2) is 32.0 Å². The molecule has 1 heterocycles. The summed E-state index contributed by atoms with van der Waals surface area (Å²) in [5.74, 6) is 0.756. The highest BCUT2D eigenvalue weighted by Crippen LogP contribution is 2.09. The third-order valence-corrected chi connectivity index (χ3v) is 3.11. The van der Waals surface area contributed by atoms with E-state index in [1.165, 1.54) is 6.26 Å². The number of aryl methyl sites for hydroxylation is 1. The topological polar surface area (TPSA) is 82.9 Å². The molecule has 0 atom stereocenters. The Balaban J connectivity index is 2.53. The molecular weight excluding hydrogens is 238 g/mol. The second-order valence-electron chi connectivity index (χ2n) is 3.90. The first-order chi connectivity index (χ1) is 7.90. The molecule has 0 unspecified atom stereocenters. The van der Waals surface area contributed by atoms with Crippen LogP contribution in [0.15, 0.2) is 12.1 Å². The molecular formula is C11H15N3O2S. The highest BCUT2D eigenvalue weighted by Gasteiger charge is 2.02. The van der Waals surface area contributed by atoms with E-state index in [1.807, 2.05) is 13.0 Å². The van der Waals surface area contributed by atoms with Gasteiger partial charge in [0.25, 0.3) is 0 Å². The fourth-order valence-electron chi connectivity index (χ4n) is 1.37. The van der Waals surface area contributed by atoms with E-state index in [9.17, 15) is 8.42 Å². The van der Waals surface area contributed by atoms with Gasteiger partial charge in [0.2, 0.25) is 0 Å². The van der Waals surface area contributed by atoms with Crippen molar-refractivity contribution in [3.05, 3.63) is 23.4 Å². The Labute approximate surface area is 101 Å². The molecule has 0 amide bonds. The summed E-state index contributed by atoms with van der Waals surface area (Å²) in [6.45, 7) is 2.33. The van der Waals surface area contributed by atoms with E-state index in [-0.39, 0.29) is 5.75 Å². The Morgan fingerprint density at radius 1 is 1.47 bits per heavy atom. The average molecular weight is 253 g/mol. The molecule has 1 rings (SSSR count). The number of hydrogen-bond acceptors (Lipinski definition) is 5. The van der Waals surface area contributed by atoms with E-state index in [1.54, 1.807) is 12.1 Å². The lowest BCUT2D eigenvalue weighted by atomic mass is 10.2. The largest absolute Gasteiger partial charge is 0.370 e. The smallest absolute Gasteiger partial charge is 0.147 e. The molecule has 17 heavy (non-hydrogen) atoms. The number of pyridine rings is 1. The van der Waals surface area contributed by atoms with Crippen LogP contribution in [0.5, 0.6) is 0 Å². The molecule has 1 aromatic rings. The summed E-state index contributed by atoms with van der Waals surface area (Å²) in [4.78, 5) is 4.20. The molecule has 0 aliphatic rings. The van der Waals surface area contributed by atoms with Crippen LogP contribution in [0.3, 0.4) is 0 Å². The summed E-state index contributed by atoms with van der Waals surface area (Å²) in [7, 11) is -2.91. The van der Waals surface area contributed by atoms with E-state index < -0.39 is 9.84 Å². The number of nitriles is 1. The summed E-state index contributed by atoms with van der Waals surface area (Å²) in [6, 6.07) is 5.39. The van der Waals surface area contributed by atoms with Crippen molar-refractivity contribution in [1.82, 2.24) is 4.98 Å². The van der Waals surface area contributed by atoms with Crippen LogP contribution in [-0.2, 0) is 9.84 Å². The summed E-state index contributed by atoms with van der Waals surface area (Å²) < 4.78 is 21.8. The third-order valence-electron chi connectivity index (χ3n) is 2.08. The zero-order valence-corrected chi connectivity index (χ0v) is 10.7. The average Bonchev–Trinajstić information content (AvgIpc) is 2.22. The predicted octanol–water partition coefficient (Wildman–Crippen LogP) is 1.11. The van der Waals surface area contributed by atoms with Crippen LogP contribution in [0.2, 0.25) is 0 Å². The number of nitrogens with zero attached hydrogens (tertiary/aromatic N) is 2. The van der Waals surface area contributed by atoms with Gasteiger partial charge in [-0.3, -0.25) is 0 Å². The van der Waals surface area contributed by atoms with Crippen molar-refractivity contribution in [2.24, 2.45) is 0 Å². The van der Waals surface area contributed by atoms with Crippen LogP contribution in [0, 0.1) is 18.3 Å². The van der Waals surface area contributed by atoms with Gasteiger partial charge in [-0.1, -0.05) is 0 Å². The lowest BCUT2D eigenvalue weighted by molar-refractivity contribution is 0.600. The first kappa shape index (κ1) is 13.5. The Bertz CT molecular complexity index is 532. The first-order valence-corrected chi connectivity index (χ1v) is 7.27. The molecule has 6 heteroatoms. The van der Waals surface area contributed by atoms with Crippen LogP contribution in [0.1, 0.15) is 17.7 Å². The van der Waals surface area contributed by atoms with Gasteiger partial charge in [-0.2, -0.15) is 5.26 Å². The van der Waals surface area contributed by atoms with Crippen molar-refractivity contribution in [2.75, 3.05) is 23.9 Å². The van der Waals surface area contributed by atoms with Gasteiger partial charge in [-0.15, -0.1) is 0 Å². The summed E-state index contributed by atoms with van der Waals surface area (Å²) in [5, 5.41) is 11.8. The van der Waals surface area contributed by atoms with E-state index in [4.69, 9.17) is 5.26 Å². The van der Waals surface area contributed by atoms with Crippen molar-refractivity contribution in [3.8, 4) is 6.07 Å². The standard InChI is InChI=1S/C11H15N3O2S/c1-9-6-10(8-12)7-11(14-9)13-4-3-5-17(2,15)16/h6-7H,3-5H2,1-2H3,(H,13,14). The third kappa shape index (κ3) is 5.31. The van der Waals surface area contributed by atoms with Gasteiger partial charge in [0.15, 0.2) is 0 Å². The fourth-order valence-corrected chi connectivity index (χ4v) is 2.04. The minimum atomic E-state index is -2.91. The van der Waals surface area contributed by atoms with Gasteiger partial charge in [-0.05, 0) is 25.5 Å². The van der Waals surface area contributed by atoms with Crippen LogP contribution >= 0.6 is 0 Å². The molecule has 0 fully saturated rings. The van der Waals surface area contributed by atoms with Crippen molar-refractivity contribution < 1.29 is 8.42 Å². The minimum Gasteiger partial charge on any atom is -0.370 e. The number of aromatic nitrogens is 1. The summed E-state index contributed by atoms with van der Waals surface area (Å²) in [6.07, 6.45) is 1.74. The maximum atomic E-state index is 10.9. The molecule has 0 aliphatic carbocycles. The van der Waals surface area contributed by atoms with E-state index >= 15 is 0 Å². The van der Waals surface area contributed by atoms with Crippen molar-refractivity contribution in [2.45, 2.75) is 13.3 Å². The Morgan fingerprint density at radius 2 is 2.18 bits per heavy atom. The maximum Gasteiger partial charge on any atom is 0.147 e. The van der Waals surface area contributed by atoms with Crippen molar-refractivity contribution >= 4 is 15.7 Å². The molecule has 0 saturated carbocycles. The zero-order valence-electron chi connectivity index (χ0n) is 9.90. The van der Waals surface area contributed by atoms with Gasteiger partial charge in [-0.25, -0.2) is 13.4 Å². The Hall–Kier alpha value is -1.61. The number of nitrogens with one attached hydrogen (secondary N) is 1. The normalized spacial score (nSPS) is 10.9. The predicted molar refractivity (Wildman–Crippen MR) is 66.5 cm³/mol. The summed E-state index contributed by atoms with van der Waals surface area (Å²) >= 11 is 0. The van der Waals surface area contributed by atoms with E-state index in [0.717, 1.165) is 5.69 Å². The number of sulfone groups is 1. The number of anilines is 1. The zero-order chi connectivity index (χ0) is 12.9. The number of rotatable bonds is 5. The lowest BCUT2D eigenvalue weighted by Crippen LogP contribution is -2.10. The molecule has 0 saturated heterocycles. The molecule has 5 nitrogen and oxygen atoms in total. The molecule has 0 aliphatic heterocycles. The molecule has 0 spiro atoms. The molecule has 1 N–H and O–H groups in total. The molecule has 92 valence electrons. The van der Waals surface area contributed by atoms with E-state index in [2.05, 4.69) is 10.3 Å². The van der Waals surface area contributed by atoms with E-state index in [0.29, 0.717) is 24.3 Å². The van der Waals surface area contributed by atoms with Crippen molar-refractivity contribution in [3.63, 3.8) is 0 Å². The van der Waals surface area contributed by atoms with Crippen LogP contribution < -0.4 is 5.32 Å². The van der Waals surface area contributed by atoms with Crippen LogP contribution in [0.25, 0.3) is 0 Å². The van der Waals surface area contributed by atoms with Gasteiger partial charge in [0, 0.05) is 18.5 Å². The highest BCUT2D eigenvalue weighted by molar-refractivity contribution is 7.90.